The van der Waals surface area contributed by atoms with Crippen LogP contribution in [0.2, 0.25) is 5.02 Å². The first kappa shape index (κ1) is 13.6. The first-order chi connectivity index (χ1) is 7.72. The summed E-state index contributed by atoms with van der Waals surface area (Å²) in [5.74, 6) is -0.497. The second kappa shape index (κ2) is 4.79. The number of halogens is 4. The zero-order valence-corrected chi connectivity index (χ0v) is 9.30. The lowest BCUT2D eigenvalue weighted by Crippen LogP contribution is -2.19. The highest BCUT2D eigenvalue weighted by Crippen LogP contribution is 2.37. The standard InChI is InChI=1S/C9H7ClF3NO3/c1-5-2-3-6(17-4-9(11,12)13)8(7(5)10)14(15)16/h2-3H,4H2,1H3. The molecule has 0 saturated carbocycles. The molecular formula is C9H7ClF3NO3. The van der Waals surface area contributed by atoms with Gasteiger partial charge in [-0.15, -0.1) is 0 Å². The average molecular weight is 270 g/mol. The van der Waals surface area contributed by atoms with Crippen LogP contribution in [0.3, 0.4) is 0 Å². The van der Waals surface area contributed by atoms with E-state index >= 15 is 0 Å². The molecule has 0 radical (unpaired) electrons. The molecular weight excluding hydrogens is 263 g/mol. The van der Waals surface area contributed by atoms with Crippen molar-refractivity contribution in [3.05, 3.63) is 32.8 Å². The van der Waals surface area contributed by atoms with Crippen LogP contribution in [-0.2, 0) is 0 Å². The number of hydrogen-bond donors (Lipinski definition) is 0. The van der Waals surface area contributed by atoms with E-state index in [0.717, 1.165) is 6.07 Å². The lowest BCUT2D eigenvalue weighted by Gasteiger charge is -2.10. The summed E-state index contributed by atoms with van der Waals surface area (Å²) in [6, 6.07) is 2.44. The molecule has 0 aliphatic heterocycles. The second-order valence-electron chi connectivity index (χ2n) is 3.20. The third-order valence-electron chi connectivity index (χ3n) is 1.85. The molecule has 0 N–H and O–H groups in total. The summed E-state index contributed by atoms with van der Waals surface area (Å²) < 4.78 is 40.1. The Hall–Kier alpha value is -1.50. The molecule has 1 aromatic carbocycles. The fraction of sp³-hybridized carbons (Fsp3) is 0.333. The first-order valence-electron chi connectivity index (χ1n) is 4.35. The molecule has 1 aromatic rings. The van der Waals surface area contributed by atoms with Crippen LogP contribution in [0, 0.1) is 17.0 Å². The fourth-order valence-electron chi connectivity index (χ4n) is 1.09. The molecule has 0 bridgehead atoms. The van der Waals surface area contributed by atoms with Crippen LogP contribution in [0.5, 0.6) is 5.75 Å². The van der Waals surface area contributed by atoms with Crippen molar-refractivity contribution in [2.45, 2.75) is 13.1 Å². The maximum absolute atomic E-state index is 11.9. The first-order valence-corrected chi connectivity index (χ1v) is 4.73. The minimum atomic E-state index is -4.56. The highest BCUT2D eigenvalue weighted by atomic mass is 35.5. The predicted octanol–water partition coefficient (Wildman–Crippen LogP) is 3.50. The molecule has 0 fully saturated rings. The van der Waals surface area contributed by atoms with Gasteiger partial charge in [-0.1, -0.05) is 17.7 Å². The summed E-state index contributed by atoms with van der Waals surface area (Å²) in [7, 11) is 0. The monoisotopic (exact) mass is 269 g/mol. The van der Waals surface area contributed by atoms with Crippen LogP contribution in [0.1, 0.15) is 5.56 Å². The Bertz CT molecular complexity index is 448. The number of aryl methyl sites for hydroxylation is 1. The largest absolute Gasteiger partial charge is 0.477 e. The molecule has 4 nitrogen and oxygen atoms in total. The molecule has 0 amide bonds. The van der Waals surface area contributed by atoms with E-state index in [-0.39, 0.29) is 5.02 Å². The Kier molecular flexibility index (Phi) is 3.82. The lowest BCUT2D eigenvalue weighted by molar-refractivity contribution is -0.386. The molecule has 0 spiro atoms. The van der Waals surface area contributed by atoms with Crippen LogP contribution < -0.4 is 4.74 Å². The second-order valence-corrected chi connectivity index (χ2v) is 3.58. The third kappa shape index (κ3) is 3.48. The summed E-state index contributed by atoms with van der Waals surface area (Å²) in [5, 5.41) is 10.5. The molecule has 0 aliphatic rings. The quantitative estimate of drug-likeness (QED) is 0.623. The van der Waals surface area contributed by atoms with E-state index in [0.29, 0.717) is 5.56 Å². The molecule has 17 heavy (non-hydrogen) atoms. The van der Waals surface area contributed by atoms with E-state index in [4.69, 9.17) is 11.6 Å². The Morgan fingerprint density at radius 2 is 2.06 bits per heavy atom. The van der Waals surface area contributed by atoms with Gasteiger partial charge in [0.1, 0.15) is 5.02 Å². The van der Waals surface area contributed by atoms with Crippen molar-refractivity contribution in [3.8, 4) is 5.75 Å². The van der Waals surface area contributed by atoms with Gasteiger partial charge < -0.3 is 4.74 Å². The fourth-order valence-corrected chi connectivity index (χ4v) is 1.32. The van der Waals surface area contributed by atoms with Crippen LogP contribution in [0.25, 0.3) is 0 Å². The topological polar surface area (TPSA) is 52.4 Å². The van der Waals surface area contributed by atoms with Crippen LogP contribution >= 0.6 is 11.6 Å². The van der Waals surface area contributed by atoms with Crippen molar-refractivity contribution in [3.63, 3.8) is 0 Å². The van der Waals surface area contributed by atoms with Crippen molar-refractivity contribution in [1.29, 1.82) is 0 Å². The smallest absolute Gasteiger partial charge is 0.422 e. The number of nitrogens with zero attached hydrogens (tertiary/aromatic N) is 1. The molecule has 8 heteroatoms. The molecule has 0 heterocycles. The Morgan fingerprint density at radius 1 is 1.47 bits per heavy atom. The van der Waals surface area contributed by atoms with E-state index in [1.54, 1.807) is 0 Å². The minimum Gasteiger partial charge on any atom is -0.477 e. The molecule has 0 aromatic heterocycles. The summed E-state index contributed by atoms with van der Waals surface area (Å²) in [5.41, 5.74) is -0.270. The summed E-state index contributed by atoms with van der Waals surface area (Å²) in [4.78, 5) is 9.81. The number of rotatable bonds is 3. The summed E-state index contributed by atoms with van der Waals surface area (Å²) in [6.07, 6.45) is -4.56. The highest BCUT2D eigenvalue weighted by Gasteiger charge is 2.31. The zero-order valence-electron chi connectivity index (χ0n) is 8.55. The molecule has 0 aliphatic carbocycles. The Labute approximate surface area is 99.1 Å². The van der Waals surface area contributed by atoms with Gasteiger partial charge >= 0.3 is 11.9 Å². The predicted molar refractivity (Wildman–Crippen MR) is 54.4 cm³/mol. The van der Waals surface area contributed by atoms with E-state index in [9.17, 15) is 23.3 Å². The van der Waals surface area contributed by atoms with Crippen molar-refractivity contribution in [2.75, 3.05) is 6.61 Å². The van der Waals surface area contributed by atoms with E-state index in [2.05, 4.69) is 4.74 Å². The number of benzene rings is 1. The van der Waals surface area contributed by atoms with Crippen LogP contribution in [0.4, 0.5) is 18.9 Å². The number of nitro benzene ring substituents is 1. The normalized spacial score (nSPS) is 11.4. The summed E-state index contributed by atoms with van der Waals surface area (Å²) >= 11 is 5.64. The number of alkyl halides is 3. The molecule has 0 saturated heterocycles. The molecule has 0 unspecified atom stereocenters. The maximum Gasteiger partial charge on any atom is 0.422 e. The third-order valence-corrected chi connectivity index (χ3v) is 2.32. The van der Waals surface area contributed by atoms with Gasteiger partial charge in [-0.05, 0) is 18.6 Å². The van der Waals surface area contributed by atoms with Crippen molar-refractivity contribution < 1.29 is 22.8 Å². The van der Waals surface area contributed by atoms with Crippen molar-refractivity contribution in [1.82, 2.24) is 0 Å². The van der Waals surface area contributed by atoms with Gasteiger partial charge in [-0.25, -0.2) is 0 Å². The number of ether oxygens (including phenoxy) is 1. The van der Waals surface area contributed by atoms with E-state index in [1.165, 1.54) is 13.0 Å². The zero-order chi connectivity index (χ0) is 13.2. The van der Waals surface area contributed by atoms with E-state index < -0.39 is 29.1 Å². The van der Waals surface area contributed by atoms with Crippen LogP contribution in [-0.4, -0.2) is 17.7 Å². The Morgan fingerprint density at radius 3 is 2.53 bits per heavy atom. The lowest BCUT2D eigenvalue weighted by atomic mass is 10.2. The molecule has 0 atom stereocenters. The number of hydrogen-bond acceptors (Lipinski definition) is 3. The number of nitro groups is 1. The molecule has 1 rings (SSSR count). The van der Waals surface area contributed by atoms with Crippen molar-refractivity contribution in [2.24, 2.45) is 0 Å². The van der Waals surface area contributed by atoms with Crippen molar-refractivity contribution >= 4 is 17.3 Å². The van der Waals surface area contributed by atoms with Gasteiger partial charge in [0.05, 0.1) is 4.92 Å². The van der Waals surface area contributed by atoms with Gasteiger partial charge in [0.2, 0.25) is 0 Å². The highest BCUT2D eigenvalue weighted by molar-refractivity contribution is 6.33. The van der Waals surface area contributed by atoms with Gasteiger partial charge in [-0.2, -0.15) is 13.2 Å². The SMILES string of the molecule is Cc1ccc(OCC(F)(F)F)c([N+](=O)[O-])c1Cl. The Balaban J connectivity index is 3.08. The van der Waals surface area contributed by atoms with Crippen LogP contribution in [0.15, 0.2) is 12.1 Å². The van der Waals surface area contributed by atoms with Gasteiger partial charge in [-0.3, -0.25) is 10.1 Å². The van der Waals surface area contributed by atoms with Gasteiger partial charge in [0.25, 0.3) is 0 Å². The summed E-state index contributed by atoms with van der Waals surface area (Å²) in [6.45, 7) is -0.101. The molecule has 94 valence electrons. The van der Waals surface area contributed by atoms with Gasteiger partial charge in [0, 0.05) is 0 Å². The van der Waals surface area contributed by atoms with E-state index in [1.807, 2.05) is 0 Å². The minimum absolute atomic E-state index is 0.227. The average Bonchev–Trinajstić information content (AvgIpc) is 2.18. The van der Waals surface area contributed by atoms with Gasteiger partial charge in [0.15, 0.2) is 12.4 Å². The maximum atomic E-state index is 11.9.